The second-order valence-corrected chi connectivity index (χ2v) is 6.31. The minimum atomic E-state index is 0.0937. The Labute approximate surface area is 166 Å². The maximum Gasteiger partial charge on any atom is 0.242 e. The van der Waals surface area contributed by atoms with Crippen LogP contribution in [0.5, 0.6) is 0 Å². The third-order valence-electron chi connectivity index (χ3n) is 4.38. The SMILES string of the molecule is CCNC(=NCCNc1ncnc2c1cnn2C)N(C)CC(=O)N(CC)CC. The molecule has 2 N–H and O–H groups in total. The maximum absolute atomic E-state index is 12.3. The summed E-state index contributed by atoms with van der Waals surface area (Å²) in [7, 11) is 3.72. The number of aromatic nitrogens is 4. The van der Waals surface area contributed by atoms with Gasteiger partial charge >= 0.3 is 0 Å². The molecule has 0 saturated carbocycles. The standard InChI is InChI=1S/C18H31N9O/c1-6-19-18(25(4)12-15(28)27(7-2)8-3)21-10-9-20-16-14-11-24-26(5)17(14)23-13-22-16/h11,13H,6-10,12H2,1-5H3,(H,19,21)(H,20,22,23). The molecule has 154 valence electrons. The summed E-state index contributed by atoms with van der Waals surface area (Å²) >= 11 is 0. The van der Waals surface area contributed by atoms with Crippen molar-refractivity contribution in [2.45, 2.75) is 20.8 Å². The number of carbonyl (C=O) groups is 1. The molecule has 0 radical (unpaired) electrons. The van der Waals surface area contributed by atoms with E-state index in [0.29, 0.717) is 38.7 Å². The van der Waals surface area contributed by atoms with Crippen LogP contribution in [0.4, 0.5) is 5.82 Å². The molecule has 10 heteroatoms. The number of anilines is 1. The van der Waals surface area contributed by atoms with Gasteiger partial charge in [0.15, 0.2) is 11.6 Å². The molecular weight excluding hydrogens is 358 g/mol. The molecule has 2 aromatic heterocycles. The highest BCUT2D eigenvalue weighted by Gasteiger charge is 2.15. The van der Waals surface area contributed by atoms with Crippen LogP contribution in [0.3, 0.4) is 0 Å². The molecular formula is C18H31N9O. The monoisotopic (exact) mass is 389 g/mol. The predicted octanol–water partition coefficient (Wildman–Crippen LogP) is 0.541. The highest BCUT2D eigenvalue weighted by Crippen LogP contribution is 2.17. The molecule has 0 unspecified atom stereocenters. The highest BCUT2D eigenvalue weighted by molar-refractivity contribution is 5.87. The first-order chi connectivity index (χ1) is 13.5. The first-order valence-electron chi connectivity index (χ1n) is 9.65. The Balaban J connectivity index is 1.95. The van der Waals surface area contributed by atoms with Crippen LogP contribution in [0.25, 0.3) is 11.0 Å². The topological polar surface area (TPSA) is 104 Å². The van der Waals surface area contributed by atoms with Crippen LogP contribution in [-0.4, -0.2) is 87.7 Å². The fourth-order valence-electron chi connectivity index (χ4n) is 2.86. The fourth-order valence-corrected chi connectivity index (χ4v) is 2.86. The van der Waals surface area contributed by atoms with E-state index in [-0.39, 0.29) is 5.91 Å². The first-order valence-corrected chi connectivity index (χ1v) is 9.65. The summed E-state index contributed by atoms with van der Waals surface area (Å²) in [6, 6.07) is 0. The molecule has 28 heavy (non-hydrogen) atoms. The fraction of sp³-hybridized carbons (Fsp3) is 0.611. The third-order valence-corrected chi connectivity index (χ3v) is 4.38. The van der Waals surface area contributed by atoms with E-state index in [1.807, 2.05) is 44.7 Å². The first kappa shape index (κ1) is 21.4. The zero-order valence-corrected chi connectivity index (χ0v) is 17.4. The molecule has 0 fully saturated rings. The van der Waals surface area contributed by atoms with E-state index in [4.69, 9.17) is 0 Å². The van der Waals surface area contributed by atoms with Crippen molar-refractivity contribution < 1.29 is 4.79 Å². The quantitative estimate of drug-likeness (QED) is 0.366. The second-order valence-electron chi connectivity index (χ2n) is 6.31. The number of guanidine groups is 1. The molecule has 10 nitrogen and oxygen atoms in total. The van der Waals surface area contributed by atoms with Crippen molar-refractivity contribution in [3.05, 3.63) is 12.5 Å². The van der Waals surface area contributed by atoms with E-state index < -0.39 is 0 Å². The van der Waals surface area contributed by atoms with Gasteiger partial charge in [-0.15, -0.1) is 0 Å². The summed E-state index contributed by atoms with van der Waals surface area (Å²) in [5, 5.41) is 11.6. The summed E-state index contributed by atoms with van der Waals surface area (Å²) in [6.45, 7) is 9.57. The van der Waals surface area contributed by atoms with Crippen LogP contribution in [0.1, 0.15) is 20.8 Å². The van der Waals surface area contributed by atoms with Crippen LogP contribution >= 0.6 is 0 Å². The van der Waals surface area contributed by atoms with Gasteiger partial charge in [0.25, 0.3) is 0 Å². The van der Waals surface area contributed by atoms with E-state index in [1.165, 1.54) is 6.33 Å². The Kier molecular flexibility index (Phi) is 7.97. The highest BCUT2D eigenvalue weighted by atomic mass is 16.2. The van der Waals surface area contributed by atoms with Crippen molar-refractivity contribution in [2.24, 2.45) is 12.0 Å². The average molecular weight is 390 g/mol. The largest absolute Gasteiger partial charge is 0.367 e. The van der Waals surface area contributed by atoms with Gasteiger partial charge in [-0.3, -0.25) is 14.5 Å². The number of likely N-dealkylation sites (N-methyl/N-ethyl adjacent to an activating group) is 2. The minimum Gasteiger partial charge on any atom is -0.367 e. The molecule has 1 amide bonds. The van der Waals surface area contributed by atoms with E-state index in [1.54, 1.807) is 10.9 Å². The van der Waals surface area contributed by atoms with Gasteiger partial charge in [-0.05, 0) is 20.8 Å². The number of hydrogen-bond donors (Lipinski definition) is 2. The van der Waals surface area contributed by atoms with Gasteiger partial charge in [-0.1, -0.05) is 0 Å². The number of carbonyl (C=O) groups excluding carboxylic acids is 1. The number of rotatable bonds is 9. The predicted molar refractivity (Wildman–Crippen MR) is 111 cm³/mol. The second kappa shape index (κ2) is 10.4. The Morgan fingerprint density at radius 3 is 2.68 bits per heavy atom. The number of fused-ring (bicyclic) bond motifs is 1. The normalized spacial score (nSPS) is 11.5. The molecule has 0 atom stereocenters. The van der Waals surface area contributed by atoms with Crippen molar-refractivity contribution in [3.8, 4) is 0 Å². The lowest BCUT2D eigenvalue weighted by Crippen LogP contribution is -2.45. The molecule has 0 aliphatic rings. The van der Waals surface area contributed by atoms with E-state index in [0.717, 1.165) is 23.4 Å². The summed E-state index contributed by atoms with van der Waals surface area (Å²) < 4.78 is 1.71. The minimum absolute atomic E-state index is 0.0937. The molecule has 2 rings (SSSR count). The van der Waals surface area contributed by atoms with Crippen molar-refractivity contribution in [1.82, 2.24) is 34.9 Å². The Bertz CT molecular complexity index is 797. The van der Waals surface area contributed by atoms with Gasteiger partial charge in [-0.25, -0.2) is 9.97 Å². The van der Waals surface area contributed by atoms with Crippen molar-refractivity contribution in [2.75, 3.05) is 51.6 Å². The van der Waals surface area contributed by atoms with Crippen LogP contribution in [0.2, 0.25) is 0 Å². The van der Waals surface area contributed by atoms with Crippen LogP contribution < -0.4 is 10.6 Å². The molecule has 0 aliphatic heterocycles. The van der Waals surface area contributed by atoms with Gasteiger partial charge in [0.2, 0.25) is 5.91 Å². The summed E-state index contributed by atoms with van der Waals surface area (Å²) in [5.74, 6) is 1.54. The maximum atomic E-state index is 12.3. The molecule has 0 spiro atoms. The van der Waals surface area contributed by atoms with Crippen LogP contribution in [0, 0.1) is 0 Å². The molecule has 2 aromatic rings. The van der Waals surface area contributed by atoms with Crippen molar-refractivity contribution in [3.63, 3.8) is 0 Å². The lowest BCUT2D eigenvalue weighted by Gasteiger charge is -2.25. The van der Waals surface area contributed by atoms with Gasteiger partial charge in [-0.2, -0.15) is 5.10 Å². The molecule has 2 heterocycles. The average Bonchev–Trinajstić information content (AvgIpc) is 3.07. The van der Waals surface area contributed by atoms with E-state index >= 15 is 0 Å². The van der Waals surface area contributed by atoms with E-state index in [9.17, 15) is 4.79 Å². The summed E-state index contributed by atoms with van der Waals surface area (Å²) in [5.41, 5.74) is 0.781. The number of nitrogens with one attached hydrogen (secondary N) is 2. The smallest absolute Gasteiger partial charge is 0.242 e. The molecule has 0 saturated heterocycles. The Morgan fingerprint density at radius 2 is 2.00 bits per heavy atom. The zero-order valence-electron chi connectivity index (χ0n) is 17.4. The third kappa shape index (κ3) is 5.30. The number of nitrogens with zero attached hydrogens (tertiary/aromatic N) is 7. The number of amides is 1. The van der Waals surface area contributed by atoms with Crippen LogP contribution in [0.15, 0.2) is 17.5 Å². The molecule has 0 aromatic carbocycles. The zero-order chi connectivity index (χ0) is 20.5. The van der Waals surface area contributed by atoms with Gasteiger partial charge in [0, 0.05) is 40.3 Å². The Morgan fingerprint density at radius 1 is 1.25 bits per heavy atom. The van der Waals surface area contributed by atoms with Gasteiger partial charge in [0.05, 0.1) is 24.7 Å². The summed E-state index contributed by atoms with van der Waals surface area (Å²) in [6.07, 6.45) is 3.27. The molecule has 0 aliphatic carbocycles. The van der Waals surface area contributed by atoms with Gasteiger partial charge < -0.3 is 20.4 Å². The lowest BCUT2D eigenvalue weighted by molar-refractivity contribution is -0.131. The van der Waals surface area contributed by atoms with Gasteiger partial charge in [0.1, 0.15) is 12.1 Å². The van der Waals surface area contributed by atoms with Crippen molar-refractivity contribution in [1.29, 1.82) is 0 Å². The number of hydrogen-bond acceptors (Lipinski definition) is 6. The number of aryl methyl sites for hydroxylation is 1. The number of aliphatic imine (C=N–C) groups is 1. The summed E-state index contributed by atoms with van der Waals surface area (Å²) in [4.78, 5) is 29.1. The molecule has 0 bridgehead atoms. The van der Waals surface area contributed by atoms with Crippen LogP contribution in [-0.2, 0) is 11.8 Å². The Hall–Kier alpha value is -2.91. The lowest BCUT2D eigenvalue weighted by atomic mass is 10.4. The van der Waals surface area contributed by atoms with E-state index in [2.05, 4.69) is 30.7 Å². The van der Waals surface area contributed by atoms with Crippen molar-refractivity contribution >= 4 is 28.7 Å².